The van der Waals surface area contributed by atoms with E-state index in [2.05, 4.69) is 4.99 Å². The lowest BCUT2D eigenvalue weighted by Gasteiger charge is -2.04. The van der Waals surface area contributed by atoms with Gasteiger partial charge in [-0.2, -0.15) is 4.99 Å². The number of nitrogens with zero attached hydrogens (tertiary/aromatic N) is 3. The molecule has 0 aliphatic carbocycles. The van der Waals surface area contributed by atoms with Gasteiger partial charge in [0.25, 0.3) is 11.6 Å². The molecule has 0 saturated heterocycles. The van der Waals surface area contributed by atoms with E-state index in [0.717, 1.165) is 23.5 Å². The van der Waals surface area contributed by atoms with Gasteiger partial charge in [-0.15, -0.1) is 0 Å². The van der Waals surface area contributed by atoms with Crippen LogP contribution in [-0.4, -0.2) is 29.1 Å². The highest BCUT2D eigenvalue weighted by atomic mass is 32.1. The van der Waals surface area contributed by atoms with Gasteiger partial charge in [-0.3, -0.25) is 14.9 Å². The van der Waals surface area contributed by atoms with Crippen molar-refractivity contribution in [2.75, 3.05) is 13.7 Å². The van der Waals surface area contributed by atoms with Gasteiger partial charge in [-0.1, -0.05) is 23.5 Å². The summed E-state index contributed by atoms with van der Waals surface area (Å²) in [5.41, 5.74) is 0.498. The third kappa shape index (κ3) is 4.79. The molecule has 0 atom stereocenters. The molecule has 3 rings (SSSR count). The topological polar surface area (TPSA) is 86.7 Å². The minimum absolute atomic E-state index is 0.101. The first kappa shape index (κ1) is 20.5. The first-order chi connectivity index (χ1) is 13.9. The molecule has 7 nitrogen and oxygen atoms in total. The Morgan fingerprint density at radius 1 is 1.34 bits per heavy atom. The van der Waals surface area contributed by atoms with Gasteiger partial charge in [0.1, 0.15) is 5.82 Å². The Hall–Kier alpha value is -3.24. The van der Waals surface area contributed by atoms with Crippen LogP contribution in [0.1, 0.15) is 5.56 Å². The van der Waals surface area contributed by atoms with Crippen molar-refractivity contribution < 1.29 is 23.2 Å². The van der Waals surface area contributed by atoms with Crippen molar-refractivity contribution in [2.24, 2.45) is 4.99 Å². The van der Waals surface area contributed by atoms with E-state index in [9.17, 15) is 23.7 Å². The van der Waals surface area contributed by atoms with E-state index in [4.69, 9.17) is 4.74 Å². The first-order valence-electron chi connectivity index (χ1n) is 8.37. The third-order valence-electron chi connectivity index (χ3n) is 3.92. The molecule has 1 heterocycles. The van der Waals surface area contributed by atoms with Crippen molar-refractivity contribution in [3.05, 3.63) is 74.6 Å². The Balaban J connectivity index is 1.98. The summed E-state index contributed by atoms with van der Waals surface area (Å²) in [6, 6.07) is 7.71. The molecule has 29 heavy (non-hydrogen) atoms. The van der Waals surface area contributed by atoms with Crippen molar-refractivity contribution in [1.29, 1.82) is 0 Å². The molecular weight excluding hydrogens is 404 g/mol. The molecule has 0 aliphatic heterocycles. The Morgan fingerprint density at radius 2 is 2.14 bits per heavy atom. The summed E-state index contributed by atoms with van der Waals surface area (Å²) < 4.78 is 34.6. The minimum Gasteiger partial charge on any atom is -0.383 e. The van der Waals surface area contributed by atoms with E-state index in [1.54, 1.807) is 6.07 Å². The molecule has 2 aromatic carbocycles. The minimum atomic E-state index is -0.756. The van der Waals surface area contributed by atoms with Crippen molar-refractivity contribution in [1.82, 2.24) is 4.57 Å². The van der Waals surface area contributed by atoms with E-state index in [1.165, 1.54) is 42.0 Å². The average Bonchev–Trinajstić information content (AvgIpc) is 3.01. The van der Waals surface area contributed by atoms with E-state index in [0.29, 0.717) is 10.3 Å². The lowest BCUT2D eigenvalue weighted by molar-refractivity contribution is -0.384. The Kier molecular flexibility index (Phi) is 6.25. The van der Waals surface area contributed by atoms with Crippen LogP contribution in [0.2, 0.25) is 0 Å². The van der Waals surface area contributed by atoms with Gasteiger partial charge >= 0.3 is 0 Å². The smallest absolute Gasteiger partial charge is 0.272 e. The maximum Gasteiger partial charge on any atom is 0.272 e. The van der Waals surface area contributed by atoms with E-state index in [1.807, 2.05) is 0 Å². The highest BCUT2D eigenvalue weighted by Crippen LogP contribution is 2.22. The van der Waals surface area contributed by atoms with Crippen LogP contribution in [0.25, 0.3) is 16.3 Å². The number of rotatable bonds is 6. The molecule has 0 radical (unpaired) electrons. The summed E-state index contributed by atoms with van der Waals surface area (Å²) in [5.74, 6) is -2.12. The molecule has 0 fully saturated rings. The van der Waals surface area contributed by atoms with Crippen molar-refractivity contribution in [3.8, 4) is 0 Å². The second kappa shape index (κ2) is 8.84. The molecular formula is C19H15F2N3O4S. The van der Waals surface area contributed by atoms with Gasteiger partial charge < -0.3 is 9.30 Å². The largest absolute Gasteiger partial charge is 0.383 e. The highest BCUT2D eigenvalue weighted by molar-refractivity contribution is 7.16. The summed E-state index contributed by atoms with van der Waals surface area (Å²) in [5, 5.41) is 10.8. The van der Waals surface area contributed by atoms with Crippen LogP contribution in [0.3, 0.4) is 0 Å². The normalized spacial score (nSPS) is 12.2. The number of fused-ring (bicyclic) bond motifs is 1. The molecule has 0 spiro atoms. The monoisotopic (exact) mass is 419 g/mol. The van der Waals surface area contributed by atoms with Crippen molar-refractivity contribution in [3.63, 3.8) is 0 Å². The first-order valence-corrected chi connectivity index (χ1v) is 9.19. The van der Waals surface area contributed by atoms with Gasteiger partial charge in [-0.25, -0.2) is 8.78 Å². The molecule has 0 aliphatic rings. The number of aromatic nitrogens is 1. The third-order valence-corrected chi connectivity index (χ3v) is 4.94. The van der Waals surface area contributed by atoms with E-state index in [-0.39, 0.29) is 29.2 Å². The second-order valence-corrected chi connectivity index (χ2v) is 6.91. The molecule has 0 N–H and O–H groups in total. The summed E-state index contributed by atoms with van der Waals surface area (Å²) in [7, 11) is 1.48. The number of benzene rings is 2. The maximum atomic E-state index is 14.3. The van der Waals surface area contributed by atoms with Gasteiger partial charge in [0.2, 0.25) is 0 Å². The zero-order valence-electron chi connectivity index (χ0n) is 15.2. The number of nitro groups is 1. The summed E-state index contributed by atoms with van der Waals surface area (Å²) in [4.78, 5) is 26.7. The van der Waals surface area contributed by atoms with Gasteiger partial charge in [-0.05, 0) is 17.7 Å². The average molecular weight is 419 g/mol. The Bertz CT molecular complexity index is 1180. The van der Waals surface area contributed by atoms with Crippen LogP contribution >= 0.6 is 11.3 Å². The predicted molar refractivity (Wildman–Crippen MR) is 104 cm³/mol. The number of carbonyl (C=O) groups is 1. The Labute approximate surface area is 167 Å². The van der Waals surface area contributed by atoms with Gasteiger partial charge in [0.05, 0.1) is 21.7 Å². The summed E-state index contributed by atoms with van der Waals surface area (Å²) in [6.07, 6.45) is 2.55. The fourth-order valence-electron chi connectivity index (χ4n) is 2.65. The highest BCUT2D eigenvalue weighted by Gasteiger charge is 2.13. The number of thiazole rings is 1. The van der Waals surface area contributed by atoms with Crippen LogP contribution in [0, 0.1) is 21.7 Å². The molecule has 150 valence electrons. The maximum absolute atomic E-state index is 14.3. The number of ether oxygens (including phenoxy) is 1. The number of carbonyl (C=O) groups excluding carboxylic acids is 1. The molecule has 3 aromatic rings. The molecule has 1 aromatic heterocycles. The van der Waals surface area contributed by atoms with Crippen molar-refractivity contribution >= 4 is 39.2 Å². The van der Waals surface area contributed by atoms with Crippen molar-refractivity contribution in [2.45, 2.75) is 6.54 Å². The number of non-ortho nitro benzene ring substituents is 1. The number of halogens is 2. The lowest BCUT2D eigenvalue weighted by atomic mass is 10.2. The number of methoxy groups -OCH3 is 1. The van der Waals surface area contributed by atoms with Crippen LogP contribution in [-0.2, 0) is 16.1 Å². The zero-order chi connectivity index (χ0) is 21.0. The van der Waals surface area contributed by atoms with Crippen LogP contribution in [0.5, 0.6) is 0 Å². The predicted octanol–water partition coefficient (Wildman–Crippen LogP) is 3.68. The molecule has 0 bridgehead atoms. The van der Waals surface area contributed by atoms with Crippen LogP contribution in [0.4, 0.5) is 14.5 Å². The fourth-order valence-corrected chi connectivity index (χ4v) is 3.75. The van der Waals surface area contributed by atoms with Gasteiger partial charge in [0, 0.05) is 37.9 Å². The molecule has 0 saturated carbocycles. The lowest BCUT2D eigenvalue weighted by Crippen LogP contribution is -2.19. The van der Waals surface area contributed by atoms with E-state index >= 15 is 0 Å². The summed E-state index contributed by atoms with van der Waals surface area (Å²) >= 11 is 0.976. The molecule has 10 heteroatoms. The number of amides is 1. The number of nitro benzene ring substituents is 1. The standard InChI is InChI=1S/C19H15F2N3O4S/c1-28-8-7-23-18-15(21)10-13(20)11-16(18)29-19(23)22-17(25)6-5-12-3-2-4-14(9-12)24(26)27/h2-6,9-11H,7-8H2,1H3/b6-5+,22-19?. The number of hydrogen-bond donors (Lipinski definition) is 0. The van der Waals surface area contributed by atoms with Gasteiger partial charge in [0.15, 0.2) is 10.6 Å². The van der Waals surface area contributed by atoms with Crippen LogP contribution in [0.15, 0.2) is 47.5 Å². The Morgan fingerprint density at radius 3 is 2.86 bits per heavy atom. The number of hydrogen-bond acceptors (Lipinski definition) is 5. The zero-order valence-corrected chi connectivity index (χ0v) is 16.0. The van der Waals surface area contributed by atoms with Crippen LogP contribution < -0.4 is 4.80 Å². The fraction of sp³-hybridized carbons (Fsp3) is 0.158. The van der Waals surface area contributed by atoms with E-state index < -0.39 is 22.5 Å². The SMILES string of the molecule is COCCn1c(=NC(=O)/C=C/c2cccc([N+](=O)[O-])c2)sc2cc(F)cc(F)c21. The summed E-state index contributed by atoms with van der Waals surface area (Å²) in [6.45, 7) is 0.466. The quantitative estimate of drug-likeness (QED) is 0.347. The second-order valence-electron chi connectivity index (χ2n) is 5.90. The molecule has 1 amide bonds. The molecule has 0 unspecified atom stereocenters.